The second-order valence-corrected chi connectivity index (χ2v) is 5.39. The van der Waals surface area contributed by atoms with Crippen LogP contribution in [0.2, 0.25) is 0 Å². The normalized spacial score (nSPS) is 20.8. The minimum atomic E-state index is -0.442. The molecule has 0 atom stereocenters. The van der Waals surface area contributed by atoms with Crippen LogP contribution in [0.1, 0.15) is 34.6 Å². The van der Waals surface area contributed by atoms with E-state index in [9.17, 15) is 0 Å². The van der Waals surface area contributed by atoms with Crippen molar-refractivity contribution < 1.29 is 9.31 Å². The van der Waals surface area contributed by atoms with Gasteiger partial charge in [-0.25, -0.2) is 0 Å². The maximum atomic E-state index is 5.97. The summed E-state index contributed by atoms with van der Waals surface area (Å²) in [4.78, 5) is 0. The number of nitrogens with two attached hydrogens (primary N) is 1. The molecule has 5 nitrogen and oxygen atoms in total. The molecule has 0 radical (unpaired) electrons. The Morgan fingerprint density at radius 2 is 1.78 bits per heavy atom. The lowest BCUT2D eigenvalue weighted by atomic mass is 9.83. The summed E-state index contributed by atoms with van der Waals surface area (Å²) >= 11 is 0. The maximum absolute atomic E-state index is 5.97. The number of rotatable bonds is 2. The fraction of sp³-hybridized carbons (Fsp3) is 0.727. The summed E-state index contributed by atoms with van der Waals surface area (Å²) < 4.78 is 13.8. The monoisotopic (exact) mass is 273 g/mol. The average Bonchev–Trinajstić information content (AvgIpc) is 2.65. The van der Waals surface area contributed by atoms with Gasteiger partial charge in [-0.2, -0.15) is 5.10 Å². The number of hydrogen-bond acceptors (Lipinski definition) is 4. The van der Waals surface area contributed by atoms with Crippen LogP contribution in [0.4, 0.5) is 5.69 Å². The van der Waals surface area contributed by atoms with E-state index in [1.807, 2.05) is 39.3 Å². The molecule has 0 unspecified atom stereocenters. The summed E-state index contributed by atoms with van der Waals surface area (Å²) in [6, 6.07) is 0. The molecule has 7 heteroatoms. The third-order valence-corrected chi connectivity index (χ3v) is 3.69. The van der Waals surface area contributed by atoms with E-state index >= 15 is 0 Å². The molecule has 2 rings (SSSR count). The minimum absolute atomic E-state index is 0. The highest BCUT2D eigenvalue weighted by atomic mass is 35.5. The van der Waals surface area contributed by atoms with Crippen LogP contribution in [0.25, 0.3) is 0 Å². The highest BCUT2D eigenvalue weighted by Crippen LogP contribution is 2.36. The molecule has 0 aromatic carbocycles. The number of nitrogens with zero attached hydrogens (tertiary/aromatic N) is 2. The van der Waals surface area contributed by atoms with Crippen LogP contribution in [-0.4, -0.2) is 28.1 Å². The largest absolute Gasteiger partial charge is 0.516 e. The third kappa shape index (κ3) is 2.24. The summed E-state index contributed by atoms with van der Waals surface area (Å²) in [6.45, 7) is 10.9. The summed E-state index contributed by atoms with van der Waals surface area (Å²) in [5.74, 6) is 0. The van der Waals surface area contributed by atoms with Crippen LogP contribution < -0.4 is 11.3 Å². The van der Waals surface area contributed by atoms with Crippen LogP contribution in [0.15, 0.2) is 6.20 Å². The predicted octanol–water partition coefficient (Wildman–Crippen LogP) is 1.21. The Bertz CT molecular complexity index is 418. The SMILES string of the molecule is CCn1ncc(N)c1B1OC(C)(C)C(C)(C)O1.Cl. The molecule has 1 aliphatic heterocycles. The van der Waals surface area contributed by atoms with Crippen molar-refractivity contribution in [3.63, 3.8) is 0 Å². The molecule has 1 aromatic rings. The van der Waals surface area contributed by atoms with E-state index in [-0.39, 0.29) is 23.6 Å². The molecule has 1 saturated heterocycles. The molecule has 0 spiro atoms. The van der Waals surface area contributed by atoms with Gasteiger partial charge in [-0.05, 0) is 34.6 Å². The van der Waals surface area contributed by atoms with E-state index < -0.39 is 7.12 Å². The standard InChI is InChI=1S/C11H20BN3O2.ClH/c1-6-15-9(8(13)7-14-15)12-16-10(2,3)11(4,5)17-12;/h7H,6,13H2,1-5H3;1H. The summed E-state index contributed by atoms with van der Waals surface area (Å²) in [6.07, 6.45) is 1.64. The van der Waals surface area contributed by atoms with Crippen molar-refractivity contribution in [2.45, 2.75) is 52.4 Å². The molecule has 18 heavy (non-hydrogen) atoms. The molecule has 0 amide bonds. The third-order valence-electron chi connectivity index (χ3n) is 3.69. The van der Waals surface area contributed by atoms with Gasteiger partial charge < -0.3 is 15.0 Å². The number of aromatic nitrogens is 2. The van der Waals surface area contributed by atoms with Gasteiger partial charge in [0.1, 0.15) is 0 Å². The van der Waals surface area contributed by atoms with E-state index in [2.05, 4.69) is 5.10 Å². The van der Waals surface area contributed by atoms with Gasteiger partial charge in [-0.1, -0.05) is 0 Å². The number of hydrogen-bond donors (Lipinski definition) is 1. The lowest BCUT2D eigenvalue weighted by Gasteiger charge is -2.32. The molecular formula is C11H21BClN3O2. The predicted molar refractivity (Wildman–Crippen MR) is 75.3 cm³/mol. The van der Waals surface area contributed by atoms with Gasteiger partial charge in [0.05, 0.1) is 28.7 Å². The van der Waals surface area contributed by atoms with Crippen molar-refractivity contribution in [2.24, 2.45) is 0 Å². The zero-order valence-electron chi connectivity index (χ0n) is 11.6. The molecule has 0 aliphatic carbocycles. The summed E-state index contributed by atoms with van der Waals surface area (Å²) in [7, 11) is -0.442. The number of halogens is 1. The molecule has 1 aliphatic rings. The Balaban J connectivity index is 0.00000162. The van der Waals surface area contributed by atoms with Gasteiger partial charge in [-0.15, -0.1) is 12.4 Å². The molecule has 102 valence electrons. The fourth-order valence-corrected chi connectivity index (χ4v) is 1.87. The topological polar surface area (TPSA) is 62.3 Å². The maximum Gasteiger partial charge on any atom is 0.516 e. The van der Waals surface area contributed by atoms with Crippen LogP contribution in [-0.2, 0) is 15.9 Å². The van der Waals surface area contributed by atoms with E-state index in [1.54, 1.807) is 6.20 Å². The van der Waals surface area contributed by atoms with Crippen LogP contribution >= 0.6 is 12.4 Å². The van der Waals surface area contributed by atoms with E-state index in [4.69, 9.17) is 15.0 Å². The fourth-order valence-electron chi connectivity index (χ4n) is 1.87. The van der Waals surface area contributed by atoms with E-state index in [0.717, 1.165) is 12.1 Å². The lowest BCUT2D eigenvalue weighted by molar-refractivity contribution is 0.00578. The first-order valence-electron chi connectivity index (χ1n) is 5.95. The van der Waals surface area contributed by atoms with Crippen LogP contribution in [0, 0.1) is 0 Å². The molecule has 2 heterocycles. The second-order valence-electron chi connectivity index (χ2n) is 5.39. The van der Waals surface area contributed by atoms with Crippen molar-refractivity contribution in [1.82, 2.24) is 9.78 Å². The molecule has 1 fully saturated rings. The first-order chi connectivity index (χ1) is 7.78. The van der Waals surface area contributed by atoms with Gasteiger partial charge in [0.2, 0.25) is 0 Å². The quantitative estimate of drug-likeness (QED) is 0.823. The van der Waals surface area contributed by atoms with E-state index in [0.29, 0.717) is 5.69 Å². The lowest BCUT2D eigenvalue weighted by Crippen LogP contribution is -2.41. The number of anilines is 1. The van der Waals surface area contributed by atoms with Crippen LogP contribution in [0.3, 0.4) is 0 Å². The van der Waals surface area contributed by atoms with Gasteiger partial charge >= 0.3 is 7.12 Å². The van der Waals surface area contributed by atoms with Crippen molar-refractivity contribution in [1.29, 1.82) is 0 Å². The van der Waals surface area contributed by atoms with Crippen molar-refractivity contribution in [3.05, 3.63) is 6.20 Å². The number of aryl methyl sites for hydroxylation is 1. The number of nitrogen functional groups attached to an aromatic ring is 1. The minimum Gasteiger partial charge on any atom is -0.398 e. The highest BCUT2D eigenvalue weighted by molar-refractivity contribution is 6.63. The zero-order valence-corrected chi connectivity index (χ0v) is 12.4. The summed E-state index contributed by atoms with van der Waals surface area (Å²) in [5, 5.41) is 4.21. The molecular weight excluding hydrogens is 252 g/mol. The smallest absolute Gasteiger partial charge is 0.398 e. The van der Waals surface area contributed by atoms with Crippen molar-refractivity contribution in [2.75, 3.05) is 5.73 Å². The molecule has 0 bridgehead atoms. The Morgan fingerprint density at radius 1 is 1.28 bits per heavy atom. The Kier molecular flexibility index (Phi) is 4.05. The second kappa shape index (κ2) is 4.76. The van der Waals surface area contributed by atoms with Gasteiger partial charge in [0.25, 0.3) is 0 Å². The average molecular weight is 274 g/mol. The molecule has 0 saturated carbocycles. The molecule has 1 aromatic heterocycles. The first-order valence-corrected chi connectivity index (χ1v) is 5.95. The Hall–Kier alpha value is -0.715. The highest BCUT2D eigenvalue weighted by Gasteiger charge is 2.53. The Morgan fingerprint density at radius 3 is 2.22 bits per heavy atom. The first kappa shape index (κ1) is 15.3. The molecule has 2 N–H and O–H groups in total. The van der Waals surface area contributed by atoms with Gasteiger partial charge in [-0.3, -0.25) is 4.68 Å². The Labute approximate surface area is 115 Å². The van der Waals surface area contributed by atoms with Gasteiger partial charge in [0, 0.05) is 6.54 Å². The zero-order chi connectivity index (χ0) is 12.8. The van der Waals surface area contributed by atoms with E-state index in [1.165, 1.54) is 0 Å². The summed E-state index contributed by atoms with van der Waals surface area (Å²) in [5.41, 5.74) is 6.65. The van der Waals surface area contributed by atoms with Crippen molar-refractivity contribution in [3.8, 4) is 0 Å². The van der Waals surface area contributed by atoms with Crippen LogP contribution in [0.5, 0.6) is 0 Å². The van der Waals surface area contributed by atoms with Crippen molar-refractivity contribution >= 4 is 30.8 Å². The van der Waals surface area contributed by atoms with Gasteiger partial charge in [0.15, 0.2) is 0 Å².